The zero-order valence-electron chi connectivity index (χ0n) is 4.69. The van der Waals surface area contributed by atoms with Crippen LogP contribution < -0.4 is 4.35 Å². The Morgan fingerprint density at radius 3 is 2.11 bits per heavy atom. The number of rotatable bonds is 1. The van der Waals surface area contributed by atoms with E-state index in [0.717, 1.165) is 0 Å². The van der Waals surface area contributed by atoms with Crippen molar-refractivity contribution in [1.29, 1.82) is 0 Å². The first-order valence-corrected chi connectivity index (χ1v) is 5.06. The third kappa shape index (κ3) is 1.74. The predicted octanol–water partition coefficient (Wildman–Crippen LogP) is -0.195. The normalized spacial score (nSPS) is 11.0. The van der Waals surface area contributed by atoms with Crippen LogP contribution in [0, 0.1) is 0 Å². The Morgan fingerprint density at radius 1 is 1.22 bits per heavy atom. The average molecular weight is 185 g/mol. The molecule has 0 heterocycles. The van der Waals surface area contributed by atoms with E-state index in [1.807, 2.05) is 6.07 Å². The summed E-state index contributed by atoms with van der Waals surface area (Å²) in [7, 11) is 0. The average Bonchev–Trinajstić information content (AvgIpc) is 1.90. The Kier molecular flexibility index (Phi) is 2.15. The van der Waals surface area contributed by atoms with Crippen LogP contribution in [-0.4, -0.2) is 19.0 Å². The molecule has 2 nitrogen and oxygen atoms in total. The summed E-state index contributed by atoms with van der Waals surface area (Å²) in [6, 6.07) is 8.65. The topological polar surface area (TPSA) is 37.3 Å². The minimum atomic E-state index is -2.84. The van der Waals surface area contributed by atoms with Crippen molar-refractivity contribution < 1.29 is 7.84 Å². The van der Waals surface area contributed by atoms with Gasteiger partial charge in [-0.2, -0.15) is 0 Å². The van der Waals surface area contributed by atoms with Gasteiger partial charge < -0.3 is 0 Å². The summed E-state index contributed by atoms with van der Waals surface area (Å²) in [4.78, 5) is 0. The summed E-state index contributed by atoms with van der Waals surface area (Å²) in [5, 5.41) is 0. The van der Waals surface area contributed by atoms with Crippen LogP contribution in [0.1, 0.15) is 0 Å². The molecule has 1 atom stereocenters. The monoisotopic (exact) mass is 185 g/mol. The van der Waals surface area contributed by atoms with E-state index >= 15 is 0 Å². The van der Waals surface area contributed by atoms with Crippen LogP contribution >= 0.6 is 0 Å². The van der Waals surface area contributed by atoms with Crippen LogP contribution in [0.3, 0.4) is 0 Å². The minimum absolute atomic E-state index is 0.560. The van der Waals surface area contributed by atoms with Crippen molar-refractivity contribution in [2.24, 2.45) is 0 Å². The van der Waals surface area contributed by atoms with Gasteiger partial charge in [-0.15, -0.1) is 0 Å². The Bertz CT molecular complexity index is 208. The molecule has 0 amide bonds. The molecule has 0 aliphatic heterocycles. The first kappa shape index (κ1) is 6.66. The van der Waals surface area contributed by atoms with Crippen LogP contribution in [0.15, 0.2) is 30.3 Å². The molecule has 0 aliphatic rings. The molecule has 3 heteroatoms. The van der Waals surface area contributed by atoms with E-state index in [4.69, 9.17) is 4.10 Å². The number of hydrogen-bond donors (Lipinski definition) is 1. The number of hydrogen-bond acceptors (Lipinski definition) is 1. The van der Waals surface area contributed by atoms with Crippen molar-refractivity contribution in [2.45, 2.75) is 0 Å². The molecule has 0 fully saturated rings. The fourth-order valence-corrected chi connectivity index (χ4v) is 1.45. The third-order valence-corrected chi connectivity index (χ3v) is 2.53. The van der Waals surface area contributed by atoms with Gasteiger partial charge in [-0.3, -0.25) is 0 Å². The predicted molar refractivity (Wildman–Crippen MR) is 34.7 cm³/mol. The summed E-state index contributed by atoms with van der Waals surface area (Å²) in [6.45, 7) is 0. The number of benzene rings is 1. The summed E-state index contributed by atoms with van der Waals surface area (Å²) in [5.41, 5.74) is 0. The fraction of sp³-hybridized carbons (Fsp3) is 0. The fourth-order valence-electron chi connectivity index (χ4n) is 0.556. The van der Waals surface area contributed by atoms with Crippen LogP contribution in [-0.2, 0) is 3.74 Å². The van der Waals surface area contributed by atoms with Gasteiger partial charge in [-0.05, 0) is 0 Å². The SMILES string of the molecule is O=[As](O)c1ccccc1. The standard InChI is InChI=1S/C6H6AsO2/c8-7(9)6-4-2-1-3-5-6/h1-5H,(H,8,9). The van der Waals surface area contributed by atoms with Gasteiger partial charge in [-0.25, -0.2) is 0 Å². The van der Waals surface area contributed by atoms with Crippen molar-refractivity contribution >= 4 is 19.3 Å². The Balaban J connectivity index is 2.98. The van der Waals surface area contributed by atoms with E-state index < -0.39 is 14.9 Å². The van der Waals surface area contributed by atoms with Gasteiger partial charge in [0.15, 0.2) is 0 Å². The Morgan fingerprint density at radius 2 is 1.78 bits per heavy atom. The first-order valence-electron chi connectivity index (χ1n) is 2.52. The maximum absolute atomic E-state index is 10.4. The Labute approximate surface area is 58.0 Å². The van der Waals surface area contributed by atoms with Crippen LogP contribution in [0.4, 0.5) is 0 Å². The van der Waals surface area contributed by atoms with Gasteiger partial charge in [0.1, 0.15) is 0 Å². The molecule has 47 valence electrons. The third-order valence-electron chi connectivity index (χ3n) is 0.977. The molecule has 0 aromatic heterocycles. The van der Waals surface area contributed by atoms with Crippen LogP contribution in [0.5, 0.6) is 0 Å². The second kappa shape index (κ2) is 2.90. The van der Waals surface area contributed by atoms with E-state index in [1.54, 1.807) is 24.3 Å². The zero-order valence-corrected chi connectivity index (χ0v) is 6.57. The van der Waals surface area contributed by atoms with Crippen molar-refractivity contribution in [2.75, 3.05) is 0 Å². The molecule has 9 heavy (non-hydrogen) atoms. The second-order valence-electron chi connectivity index (χ2n) is 1.61. The van der Waals surface area contributed by atoms with Gasteiger partial charge in [0.25, 0.3) is 0 Å². The summed E-state index contributed by atoms with van der Waals surface area (Å²) >= 11 is -2.84. The van der Waals surface area contributed by atoms with Crippen LogP contribution in [0.2, 0.25) is 0 Å². The molecule has 0 saturated carbocycles. The van der Waals surface area contributed by atoms with E-state index in [1.165, 1.54) is 0 Å². The quantitative estimate of drug-likeness (QED) is 0.615. The van der Waals surface area contributed by atoms with Crippen molar-refractivity contribution in [1.82, 2.24) is 0 Å². The molecule has 1 aromatic rings. The van der Waals surface area contributed by atoms with E-state index in [9.17, 15) is 3.74 Å². The molecule has 0 bridgehead atoms. The molecule has 1 N–H and O–H groups in total. The van der Waals surface area contributed by atoms with Gasteiger partial charge in [0.2, 0.25) is 0 Å². The van der Waals surface area contributed by atoms with Crippen molar-refractivity contribution in [3.05, 3.63) is 30.3 Å². The summed E-state index contributed by atoms with van der Waals surface area (Å²) < 4.78 is 19.6. The summed E-state index contributed by atoms with van der Waals surface area (Å²) in [6.07, 6.45) is 0. The molecule has 1 unspecified atom stereocenters. The summed E-state index contributed by atoms with van der Waals surface area (Å²) in [5.74, 6) is 0. The van der Waals surface area contributed by atoms with E-state index in [-0.39, 0.29) is 0 Å². The van der Waals surface area contributed by atoms with E-state index in [2.05, 4.69) is 0 Å². The van der Waals surface area contributed by atoms with E-state index in [0.29, 0.717) is 4.35 Å². The molecule has 0 saturated heterocycles. The molecular weight excluding hydrogens is 179 g/mol. The molecule has 1 aromatic carbocycles. The van der Waals surface area contributed by atoms with Gasteiger partial charge in [0, 0.05) is 0 Å². The molecule has 0 spiro atoms. The maximum atomic E-state index is 10.4. The molecular formula is C6H6AsO2. The molecule has 0 aliphatic carbocycles. The second-order valence-corrected chi connectivity index (χ2v) is 3.84. The first-order chi connectivity index (χ1) is 4.30. The van der Waals surface area contributed by atoms with Gasteiger partial charge in [-0.1, -0.05) is 0 Å². The van der Waals surface area contributed by atoms with Gasteiger partial charge in [0.05, 0.1) is 0 Å². The Hall–Kier alpha value is -0.462. The molecule has 1 radical (unpaired) electrons. The zero-order chi connectivity index (χ0) is 6.69. The van der Waals surface area contributed by atoms with Crippen molar-refractivity contribution in [3.8, 4) is 0 Å². The van der Waals surface area contributed by atoms with Crippen LogP contribution in [0.25, 0.3) is 0 Å². The molecule has 1 rings (SSSR count). The van der Waals surface area contributed by atoms with Crippen molar-refractivity contribution in [3.63, 3.8) is 0 Å². The van der Waals surface area contributed by atoms with Gasteiger partial charge >= 0.3 is 57.5 Å².